The number of rotatable bonds is 4. The van der Waals surface area contributed by atoms with Gasteiger partial charge >= 0.3 is 5.97 Å². The Balaban J connectivity index is 2.16. The van der Waals surface area contributed by atoms with Gasteiger partial charge < -0.3 is 10.0 Å². The predicted molar refractivity (Wildman–Crippen MR) is 79.8 cm³/mol. The minimum absolute atomic E-state index is 0.552. The Morgan fingerprint density at radius 2 is 2.42 bits per heavy atom. The van der Waals surface area contributed by atoms with E-state index in [0.29, 0.717) is 6.04 Å². The Morgan fingerprint density at radius 3 is 3.00 bits per heavy atom. The Labute approximate surface area is 117 Å². The molecule has 1 aromatic rings. The zero-order valence-electron chi connectivity index (χ0n) is 11.2. The molecule has 2 rings (SSSR count). The lowest BCUT2D eigenvalue weighted by atomic mass is 10.1. The number of aliphatic carboxylic acids is 1. The van der Waals surface area contributed by atoms with Gasteiger partial charge in [0.1, 0.15) is 5.82 Å². The standard InChI is InChI=1S/C14H18N2O2S/c1-10-7-11(3-4-13(17)18)8-15-14(10)16(2)12-5-6-19-9-12/h3-4,7-8,12H,5-6,9H2,1-2H3,(H,17,18)/b4-3+. The molecule has 1 aliphatic rings. The molecule has 1 N–H and O–H groups in total. The van der Waals surface area contributed by atoms with Gasteiger partial charge in [-0.25, -0.2) is 9.78 Å². The number of pyridine rings is 1. The first-order valence-electron chi connectivity index (χ1n) is 6.26. The van der Waals surface area contributed by atoms with Crippen molar-refractivity contribution in [3.8, 4) is 0 Å². The number of nitrogens with zero attached hydrogens (tertiary/aromatic N) is 2. The van der Waals surface area contributed by atoms with Gasteiger partial charge in [-0.3, -0.25) is 0 Å². The third-order valence-corrected chi connectivity index (χ3v) is 4.42. The molecule has 0 bridgehead atoms. The number of hydrogen-bond donors (Lipinski definition) is 1. The Hall–Kier alpha value is -1.49. The van der Waals surface area contributed by atoms with Gasteiger partial charge in [0.15, 0.2) is 0 Å². The third kappa shape index (κ3) is 3.50. The van der Waals surface area contributed by atoms with E-state index < -0.39 is 5.97 Å². The molecule has 0 aliphatic carbocycles. The summed E-state index contributed by atoms with van der Waals surface area (Å²) in [7, 11) is 2.08. The van der Waals surface area contributed by atoms with Gasteiger partial charge in [-0.05, 0) is 42.4 Å². The summed E-state index contributed by atoms with van der Waals surface area (Å²) in [5.74, 6) is 2.41. The molecule has 4 nitrogen and oxygen atoms in total. The summed E-state index contributed by atoms with van der Waals surface area (Å²) in [4.78, 5) is 17.2. The van der Waals surface area contributed by atoms with Crippen molar-refractivity contribution in [3.63, 3.8) is 0 Å². The maximum absolute atomic E-state index is 10.5. The second-order valence-corrected chi connectivity index (χ2v) is 5.86. The van der Waals surface area contributed by atoms with Gasteiger partial charge in [-0.2, -0.15) is 11.8 Å². The average Bonchev–Trinajstić information content (AvgIpc) is 2.89. The van der Waals surface area contributed by atoms with Crippen molar-refractivity contribution in [3.05, 3.63) is 29.5 Å². The number of hydrogen-bond acceptors (Lipinski definition) is 4. The van der Waals surface area contributed by atoms with Crippen molar-refractivity contribution in [1.29, 1.82) is 0 Å². The van der Waals surface area contributed by atoms with Crippen LogP contribution in [0.5, 0.6) is 0 Å². The van der Waals surface area contributed by atoms with Crippen LogP contribution >= 0.6 is 11.8 Å². The van der Waals surface area contributed by atoms with Gasteiger partial charge in [0.25, 0.3) is 0 Å². The SMILES string of the molecule is Cc1cc(/C=C/C(=O)O)cnc1N(C)C1CCSC1. The number of carboxylic acids is 1. The molecule has 0 saturated carbocycles. The first-order chi connectivity index (χ1) is 9.08. The molecule has 1 aromatic heterocycles. The van der Waals surface area contributed by atoms with E-state index in [1.165, 1.54) is 12.2 Å². The monoisotopic (exact) mass is 278 g/mol. The molecule has 0 aromatic carbocycles. The zero-order chi connectivity index (χ0) is 13.8. The maximum atomic E-state index is 10.5. The van der Waals surface area contributed by atoms with E-state index in [4.69, 9.17) is 5.11 Å². The van der Waals surface area contributed by atoms with Crippen LogP contribution in [0.4, 0.5) is 5.82 Å². The molecule has 5 heteroatoms. The van der Waals surface area contributed by atoms with Crippen LogP contribution in [-0.2, 0) is 4.79 Å². The smallest absolute Gasteiger partial charge is 0.328 e. The molecule has 1 saturated heterocycles. The van der Waals surface area contributed by atoms with Gasteiger partial charge in [0.05, 0.1) is 0 Å². The molecular formula is C14H18N2O2S. The van der Waals surface area contributed by atoms with Crippen LogP contribution < -0.4 is 4.90 Å². The molecule has 0 radical (unpaired) electrons. The lowest BCUT2D eigenvalue weighted by Crippen LogP contribution is -2.32. The molecule has 1 unspecified atom stereocenters. The quantitative estimate of drug-likeness (QED) is 0.857. The fraction of sp³-hybridized carbons (Fsp3) is 0.429. The van der Waals surface area contributed by atoms with Crippen LogP contribution in [0.15, 0.2) is 18.3 Å². The highest BCUT2D eigenvalue weighted by atomic mass is 32.2. The highest BCUT2D eigenvalue weighted by Gasteiger charge is 2.22. The molecule has 1 aliphatic heterocycles. The van der Waals surface area contributed by atoms with Crippen molar-refractivity contribution in [2.45, 2.75) is 19.4 Å². The molecule has 102 valence electrons. The van der Waals surface area contributed by atoms with Crippen molar-refractivity contribution in [2.75, 3.05) is 23.5 Å². The minimum Gasteiger partial charge on any atom is -0.478 e. The summed E-state index contributed by atoms with van der Waals surface area (Å²) in [6.45, 7) is 2.01. The molecule has 1 atom stereocenters. The Morgan fingerprint density at radius 1 is 1.63 bits per heavy atom. The third-order valence-electron chi connectivity index (χ3n) is 3.28. The number of aromatic nitrogens is 1. The maximum Gasteiger partial charge on any atom is 0.328 e. The van der Waals surface area contributed by atoms with Crippen LogP contribution in [0.2, 0.25) is 0 Å². The van der Waals surface area contributed by atoms with Gasteiger partial charge in [0, 0.05) is 31.1 Å². The second kappa shape index (κ2) is 6.10. The highest BCUT2D eigenvalue weighted by Crippen LogP contribution is 2.26. The van der Waals surface area contributed by atoms with E-state index in [0.717, 1.165) is 28.8 Å². The Bertz CT molecular complexity index is 496. The van der Waals surface area contributed by atoms with Crippen LogP contribution in [0, 0.1) is 6.92 Å². The van der Waals surface area contributed by atoms with Crippen LogP contribution in [0.1, 0.15) is 17.5 Å². The molecule has 0 spiro atoms. The van der Waals surface area contributed by atoms with E-state index in [-0.39, 0.29) is 0 Å². The molecule has 2 heterocycles. The second-order valence-electron chi connectivity index (χ2n) is 4.71. The average molecular weight is 278 g/mol. The predicted octanol–water partition coefficient (Wildman–Crippen LogP) is 2.43. The van der Waals surface area contributed by atoms with Crippen LogP contribution in [0.25, 0.3) is 6.08 Å². The van der Waals surface area contributed by atoms with Crippen molar-refractivity contribution >= 4 is 29.6 Å². The lowest BCUT2D eigenvalue weighted by molar-refractivity contribution is -0.131. The van der Waals surface area contributed by atoms with Crippen molar-refractivity contribution in [2.24, 2.45) is 0 Å². The molecule has 19 heavy (non-hydrogen) atoms. The van der Waals surface area contributed by atoms with E-state index in [2.05, 4.69) is 16.9 Å². The zero-order valence-corrected chi connectivity index (χ0v) is 12.0. The fourth-order valence-corrected chi connectivity index (χ4v) is 3.49. The van der Waals surface area contributed by atoms with Crippen LogP contribution in [-0.4, -0.2) is 40.7 Å². The van der Waals surface area contributed by atoms with Gasteiger partial charge in [-0.15, -0.1) is 0 Å². The highest BCUT2D eigenvalue weighted by molar-refractivity contribution is 7.99. The van der Waals surface area contributed by atoms with E-state index in [9.17, 15) is 4.79 Å². The summed E-state index contributed by atoms with van der Waals surface area (Å²) < 4.78 is 0. The summed E-state index contributed by atoms with van der Waals surface area (Å²) in [5, 5.41) is 8.61. The first kappa shape index (κ1) is 13.9. The number of aryl methyl sites for hydroxylation is 1. The summed E-state index contributed by atoms with van der Waals surface area (Å²) in [6, 6.07) is 2.53. The summed E-state index contributed by atoms with van der Waals surface area (Å²) >= 11 is 1.98. The van der Waals surface area contributed by atoms with E-state index >= 15 is 0 Å². The van der Waals surface area contributed by atoms with E-state index in [1.807, 2.05) is 24.8 Å². The summed E-state index contributed by atoms with van der Waals surface area (Å²) in [6.07, 6.45) is 5.62. The number of carbonyl (C=O) groups is 1. The minimum atomic E-state index is -0.943. The largest absolute Gasteiger partial charge is 0.478 e. The number of anilines is 1. The van der Waals surface area contributed by atoms with Crippen LogP contribution in [0.3, 0.4) is 0 Å². The van der Waals surface area contributed by atoms with E-state index in [1.54, 1.807) is 12.3 Å². The lowest BCUT2D eigenvalue weighted by Gasteiger charge is -2.26. The van der Waals surface area contributed by atoms with Gasteiger partial charge in [-0.1, -0.05) is 0 Å². The molecule has 1 fully saturated rings. The first-order valence-corrected chi connectivity index (χ1v) is 7.41. The van der Waals surface area contributed by atoms with Gasteiger partial charge in [0.2, 0.25) is 0 Å². The van der Waals surface area contributed by atoms with Crippen molar-refractivity contribution in [1.82, 2.24) is 4.98 Å². The normalized spacial score (nSPS) is 18.9. The number of carboxylic acid groups (broad SMARTS) is 1. The fourth-order valence-electron chi connectivity index (χ4n) is 2.22. The topological polar surface area (TPSA) is 53.4 Å². The number of thioether (sulfide) groups is 1. The molecule has 0 amide bonds. The summed E-state index contributed by atoms with van der Waals surface area (Å²) in [5.41, 5.74) is 1.89. The Kier molecular flexibility index (Phi) is 4.47. The van der Waals surface area contributed by atoms with Crippen molar-refractivity contribution < 1.29 is 9.90 Å². The molecular weight excluding hydrogens is 260 g/mol.